The van der Waals surface area contributed by atoms with Crippen LogP contribution in [0, 0.1) is 0 Å². The minimum absolute atomic E-state index is 0.0318. The molecule has 7 heteroatoms. The number of ether oxygens (including phenoxy) is 2. The number of amides is 1. The molecule has 0 aliphatic heterocycles. The van der Waals surface area contributed by atoms with E-state index in [1.54, 1.807) is 20.3 Å². The van der Waals surface area contributed by atoms with Gasteiger partial charge in [-0.2, -0.15) is 13.2 Å². The summed E-state index contributed by atoms with van der Waals surface area (Å²) in [5.41, 5.74) is 0.772. The van der Waals surface area contributed by atoms with Gasteiger partial charge < -0.3 is 14.8 Å². The lowest BCUT2D eigenvalue weighted by molar-refractivity contribution is -0.137. The van der Waals surface area contributed by atoms with Crippen LogP contribution in [0.2, 0.25) is 0 Å². The van der Waals surface area contributed by atoms with Crippen molar-refractivity contribution in [1.29, 1.82) is 0 Å². The second-order valence-corrected chi connectivity index (χ2v) is 5.66. The van der Waals surface area contributed by atoms with E-state index in [1.807, 2.05) is 12.1 Å². The molecule has 0 radical (unpaired) electrons. The molecule has 1 N–H and O–H groups in total. The lowest BCUT2D eigenvalue weighted by Gasteiger charge is -2.10. The fourth-order valence-corrected chi connectivity index (χ4v) is 2.44. The van der Waals surface area contributed by atoms with Gasteiger partial charge >= 0.3 is 6.18 Å². The van der Waals surface area contributed by atoms with Gasteiger partial charge in [0.1, 0.15) is 0 Å². The number of halogens is 3. The van der Waals surface area contributed by atoms with Gasteiger partial charge in [0.15, 0.2) is 11.5 Å². The van der Waals surface area contributed by atoms with Crippen molar-refractivity contribution in [3.8, 4) is 11.5 Å². The standard InChI is InChI=1S/C19H20F3NO3/c1-25-16-8-5-14(11-17(16)26-2)9-10-23-18(24)12-13-3-6-15(7-4-13)19(20,21)22/h3-8,11H,9-10,12H2,1-2H3,(H,23,24). The molecule has 0 bridgehead atoms. The lowest BCUT2D eigenvalue weighted by Crippen LogP contribution is -2.27. The molecule has 4 nitrogen and oxygen atoms in total. The summed E-state index contributed by atoms with van der Waals surface area (Å²) in [5, 5.41) is 2.76. The van der Waals surface area contributed by atoms with Crippen LogP contribution in [0.25, 0.3) is 0 Å². The molecule has 140 valence electrons. The van der Waals surface area contributed by atoms with Crippen molar-refractivity contribution in [2.75, 3.05) is 20.8 Å². The summed E-state index contributed by atoms with van der Waals surface area (Å²) in [5.74, 6) is 0.994. The second-order valence-electron chi connectivity index (χ2n) is 5.66. The second kappa shape index (κ2) is 8.60. The summed E-state index contributed by atoms with van der Waals surface area (Å²) in [6.45, 7) is 0.412. The van der Waals surface area contributed by atoms with Crippen LogP contribution in [-0.4, -0.2) is 26.7 Å². The summed E-state index contributed by atoms with van der Waals surface area (Å²) in [7, 11) is 3.10. The first-order valence-corrected chi connectivity index (χ1v) is 7.97. The molecule has 0 saturated heterocycles. The van der Waals surface area contributed by atoms with Gasteiger partial charge in [0.2, 0.25) is 5.91 Å². The highest BCUT2D eigenvalue weighted by Gasteiger charge is 2.29. The third-order valence-electron chi connectivity index (χ3n) is 3.83. The smallest absolute Gasteiger partial charge is 0.416 e. The Morgan fingerprint density at radius 1 is 0.962 bits per heavy atom. The number of carbonyl (C=O) groups is 1. The molecule has 0 aromatic heterocycles. The predicted molar refractivity (Wildman–Crippen MR) is 91.4 cm³/mol. The van der Waals surface area contributed by atoms with Crippen molar-refractivity contribution in [2.45, 2.75) is 19.0 Å². The number of benzene rings is 2. The summed E-state index contributed by atoms with van der Waals surface area (Å²) < 4.78 is 47.9. The fourth-order valence-electron chi connectivity index (χ4n) is 2.44. The van der Waals surface area contributed by atoms with Crippen LogP contribution in [0.1, 0.15) is 16.7 Å². The van der Waals surface area contributed by atoms with E-state index in [0.717, 1.165) is 17.7 Å². The van der Waals surface area contributed by atoms with E-state index in [-0.39, 0.29) is 12.3 Å². The molecule has 2 aromatic carbocycles. The highest BCUT2D eigenvalue weighted by atomic mass is 19.4. The number of methoxy groups -OCH3 is 2. The topological polar surface area (TPSA) is 47.6 Å². The molecule has 0 heterocycles. The summed E-state index contributed by atoms with van der Waals surface area (Å²) in [6, 6.07) is 10.1. The van der Waals surface area contributed by atoms with Crippen molar-refractivity contribution in [1.82, 2.24) is 5.32 Å². The Labute approximate surface area is 149 Å². The maximum absolute atomic E-state index is 12.5. The first kappa shape index (κ1) is 19.6. The monoisotopic (exact) mass is 367 g/mol. The zero-order chi connectivity index (χ0) is 19.2. The molecule has 1 amide bonds. The molecule has 2 aromatic rings. The van der Waals surface area contributed by atoms with Gasteiger partial charge in [-0.15, -0.1) is 0 Å². The van der Waals surface area contributed by atoms with Crippen LogP contribution in [-0.2, 0) is 23.8 Å². The van der Waals surface area contributed by atoms with Crippen molar-refractivity contribution in [2.24, 2.45) is 0 Å². The van der Waals surface area contributed by atoms with Crippen LogP contribution >= 0.6 is 0 Å². The Kier molecular flexibility index (Phi) is 6.49. The number of alkyl halides is 3. The maximum atomic E-state index is 12.5. The molecule has 0 unspecified atom stereocenters. The third-order valence-corrected chi connectivity index (χ3v) is 3.83. The fraction of sp³-hybridized carbons (Fsp3) is 0.316. The Morgan fingerprint density at radius 2 is 1.58 bits per heavy atom. The maximum Gasteiger partial charge on any atom is 0.416 e. The SMILES string of the molecule is COc1ccc(CCNC(=O)Cc2ccc(C(F)(F)F)cc2)cc1OC. The van der Waals surface area contributed by atoms with E-state index in [1.165, 1.54) is 12.1 Å². The molecule has 26 heavy (non-hydrogen) atoms. The first-order chi connectivity index (χ1) is 12.3. The Bertz CT molecular complexity index is 743. The van der Waals surface area contributed by atoms with E-state index in [4.69, 9.17) is 9.47 Å². The van der Waals surface area contributed by atoms with E-state index < -0.39 is 11.7 Å². The normalized spacial score (nSPS) is 11.1. The van der Waals surface area contributed by atoms with Crippen molar-refractivity contribution in [3.05, 3.63) is 59.2 Å². The van der Waals surface area contributed by atoms with Crippen LogP contribution in [0.15, 0.2) is 42.5 Å². The van der Waals surface area contributed by atoms with Gasteiger partial charge in [0, 0.05) is 6.54 Å². The summed E-state index contributed by atoms with van der Waals surface area (Å²) in [4.78, 5) is 11.9. The Morgan fingerprint density at radius 3 is 2.15 bits per heavy atom. The molecule has 2 rings (SSSR count). The molecular formula is C19H20F3NO3. The highest BCUT2D eigenvalue weighted by Crippen LogP contribution is 2.29. The van der Waals surface area contributed by atoms with Gasteiger partial charge in [-0.3, -0.25) is 4.79 Å². The molecular weight excluding hydrogens is 347 g/mol. The van der Waals surface area contributed by atoms with Crippen LogP contribution in [0.4, 0.5) is 13.2 Å². The predicted octanol–water partition coefficient (Wildman–Crippen LogP) is 3.62. The number of hydrogen-bond donors (Lipinski definition) is 1. The zero-order valence-electron chi connectivity index (χ0n) is 14.5. The molecule has 0 aliphatic carbocycles. The van der Waals surface area contributed by atoms with Crippen molar-refractivity contribution >= 4 is 5.91 Å². The van der Waals surface area contributed by atoms with E-state index in [0.29, 0.717) is 30.0 Å². The van der Waals surface area contributed by atoms with Crippen molar-refractivity contribution < 1.29 is 27.4 Å². The Hall–Kier alpha value is -2.70. The van der Waals surface area contributed by atoms with Crippen LogP contribution in [0.3, 0.4) is 0 Å². The van der Waals surface area contributed by atoms with Gasteiger partial charge in [-0.1, -0.05) is 18.2 Å². The van der Waals surface area contributed by atoms with Crippen molar-refractivity contribution in [3.63, 3.8) is 0 Å². The van der Waals surface area contributed by atoms with E-state index in [2.05, 4.69) is 5.32 Å². The molecule has 0 saturated carbocycles. The quantitative estimate of drug-likeness (QED) is 0.813. The van der Waals surface area contributed by atoms with Gasteiger partial charge in [-0.05, 0) is 41.8 Å². The average Bonchev–Trinajstić information content (AvgIpc) is 2.61. The minimum atomic E-state index is -4.37. The third kappa shape index (κ3) is 5.40. The molecule has 0 fully saturated rings. The summed E-state index contributed by atoms with van der Waals surface area (Å²) >= 11 is 0. The van der Waals surface area contributed by atoms with Gasteiger partial charge in [-0.25, -0.2) is 0 Å². The Balaban J connectivity index is 1.84. The van der Waals surface area contributed by atoms with Crippen LogP contribution in [0.5, 0.6) is 11.5 Å². The largest absolute Gasteiger partial charge is 0.493 e. The zero-order valence-corrected chi connectivity index (χ0v) is 14.5. The van der Waals surface area contributed by atoms with E-state index >= 15 is 0 Å². The molecule has 0 aliphatic rings. The highest BCUT2D eigenvalue weighted by molar-refractivity contribution is 5.78. The average molecular weight is 367 g/mol. The first-order valence-electron chi connectivity index (χ1n) is 7.97. The number of hydrogen-bond acceptors (Lipinski definition) is 3. The number of nitrogens with one attached hydrogen (secondary N) is 1. The van der Waals surface area contributed by atoms with E-state index in [9.17, 15) is 18.0 Å². The molecule has 0 atom stereocenters. The number of carbonyl (C=O) groups excluding carboxylic acids is 1. The van der Waals surface area contributed by atoms with Gasteiger partial charge in [0.05, 0.1) is 26.2 Å². The van der Waals surface area contributed by atoms with Gasteiger partial charge in [0.25, 0.3) is 0 Å². The molecule has 0 spiro atoms. The number of rotatable bonds is 7. The minimum Gasteiger partial charge on any atom is -0.493 e. The summed E-state index contributed by atoms with van der Waals surface area (Å²) in [6.07, 6.45) is -3.75. The van der Waals surface area contributed by atoms with Crippen LogP contribution < -0.4 is 14.8 Å². The lowest BCUT2D eigenvalue weighted by atomic mass is 10.1.